The first-order valence-electron chi connectivity index (χ1n) is 7.40. The van der Waals surface area contributed by atoms with Crippen molar-refractivity contribution < 1.29 is 4.79 Å². The number of nitrogens with one attached hydrogen (secondary N) is 1. The van der Waals surface area contributed by atoms with Crippen LogP contribution in [0.5, 0.6) is 0 Å². The third-order valence-electron chi connectivity index (χ3n) is 3.55. The minimum absolute atomic E-state index is 0.0181. The smallest absolute Gasteiger partial charge is 0.228 e. The van der Waals surface area contributed by atoms with Gasteiger partial charge in [0, 0.05) is 10.7 Å². The Bertz CT molecular complexity index is 780. The third kappa shape index (κ3) is 4.21. The number of benzene rings is 3. The SMILES string of the molecule is O=C(Cc1ccccc1)Nc1ccc(-c2ccc(Cl)cc2)cc1. The normalized spacial score (nSPS) is 10.3. The molecule has 1 N–H and O–H groups in total. The topological polar surface area (TPSA) is 29.1 Å². The largest absolute Gasteiger partial charge is 0.326 e. The van der Waals surface area contributed by atoms with Crippen LogP contribution in [0.25, 0.3) is 11.1 Å². The lowest BCUT2D eigenvalue weighted by Crippen LogP contribution is -2.14. The Labute approximate surface area is 140 Å². The average molecular weight is 322 g/mol. The van der Waals surface area contributed by atoms with Gasteiger partial charge in [0.25, 0.3) is 0 Å². The van der Waals surface area contributed by atoms with E-state index in [0.29, 0.717) is 6.42 Å². The van der Waals surface area contributed by atoms with E-state index in [-0.39, 0.29) is 5.91 Å². The van der Waals surface area contributed by atoms with Gasteiger partial charge < -0.3 is 5.32 Å². The molecule has 114 valence electrons. The molecule has 23 heavy (non-hydrogen) atoms. The molecule has 0 aliphatic heterocycles. The molecule has 0 spiro atoms. The summed E-state index contributed by atoms with van der Waals surface area (Å²) in [5.74, 6) is -0.0181. The van der Waals surface area contributed by atoms with Crippen LogP contribution < -0.4 is 5.32 Å². The molecule has 0 aliphatic carbocycles. The number of rotatable bonds is 4. The van der Waals surface area contributed by atoms with Gasteiger partial charge in [0.05, 0.1) is 6.42 Å². The maximum atomic E-state index is 12.0. The van der Waals surface area contributed by atoms with Gasteiger partial charge in [0.1, 0.15) is 0 Å². The highest BCUT2D eigenvalue weighted by molar-refractivity contribution is 6.30. The van der Waals surface area contributed by atoms with Crippen LogP contribution in [0.1, 0.15) is 5.56 Å². The van der Waals surface area contributed by atoms with Crippen molar-refractivity contribution in [3.63, 3.8) is 0 Å². The van der Waals surface area contributed by atoms with E-state index in [1.54, 1.807) is 0 Å². The van der Waals surface area contributed by atoms with Crippen LogP contribution in [-0.4, -0.2) is 5.91 Å². The predicted octanol–water partition coefficient (Wildman–Crippen LogP) is 5.19. The second-order valence-corrected chi connectivity index (χ2v) is 5.73. The molecule has 0 atom stereocenters. The first-order valence-corrected chi connectivity index (χ1v) is 7.78. The Morgan fingerprint density at radius 2 is 1.35 bits per heavy atom. The fraction of sp³-hybridized carbons (Fsp3) is 0.0500. The van der Waals surface area contributed by atoms with Crippen LogP contribution in [0.4, 0.5) is 5.69 Å². The molecule has 0 saturated heterocycles. The molecule has 0 aromatic heterocycles. The second kappa shape index (κ2) is 7.12. The van der Waals surface area contributed by atoms with E-state index in [1.807, 2.05) is 78.9 Å². The van der Waals surface area contributed by atoms with Crippen molar-refractivity contribution in [2.45, 2.75) is 6.42 Å². The first-order chi connectivity index (χ1) is 11.2. The Hall–Kier alpha value is -2.58. The summed E-state index contributed by atoms with van der Waals surface area (Å²) >= 11 is 5.90. The zero-order valence-electron chi connectivity index (χ0n) is 12.5. The summed E-state index contributed by atoms with van der Waals surface area (Å²) in [4.78, 5) is 12.0. The highest BCUT2D eigenvalue weighted by atomic mass is 35.5. The van der Waals surface area contributed by atoms with Crippen molar-refractivity contribution in [3.8, 4) is 11.1 Å². The first kappa shape index (κ1) is 15.3. The van der Waals surface area contributed by atoms with Gasteiger partial charge in [-0.25, -0.2) is 0 Å². The summed E-state index contributed by atoms with van der Waals surface area (Å²) in [6, 6.07) is 25.2. The average Bonchev–Trinajstić information content (AvgIpc) is 2.57. The quantitative estimate of drug-likeness (QED) is 0.704. The van der Waals surface area contributed by atoms with Gasteiger partial charge in [-0.15, -0.1) is 0 Å². The molecule has 0 unspecified atom stereocenters. The molecule has 2 nitrogen and oxygen atoms in total. The van der Waals surface area contributed by atoms with Gasteiger partial charge in [-0.1, -0.05) is 66.2 Å². The van der Waals surface area contributed by atoms with Gasteiger partial charge in [-0.05, 0) is 41.0 Å². The number of anilines is 1. The molecule has 0 aliphatic rings. The van der Waals surface area contributed by atoms with Gasteiger partial charge in [0.2, 0.25) is 5.91 Å². The van der Waals surface area contributed by atoms with E-state index in [0.717, 1.165) is 27.4 Å². The number of carbonyl (C=O) groups is 1. The van der Waals surface area contributed by atoms with E-state index >= 15 is 0 Å². The van der Waals surface area contributed by atoms with E-state index in [9.17, 15) is 4.79 Å². The summed E-state index contributed by atoms with van der Waals surface area (Å²) in [5, 5.41) is 3.64. The Balaban J connectivity index is 1.65. The Morgan fingerprint density at radius 1 is 0.783 bits per heavy atom. The van der Waals surface area contributed by atoms with Crippen molar-refractivity contribution in [3.05, 3.63) is 89.4 Å². The number of hydrogen-bond donors (Lipinski definition) is 1. The maximum Gasteiger partial charge on any atom is 0.228 e. The fourth-order valence-corrected chi connectivity index (χ4v) is 2.50. The lowest BCUT2D eigenvalue weighted by molar-refractivity contribution is -0.115. The lowest BCUT2D eigenvalue weighted by atomic mass is 10.1. The number of halogens is 1. The van der Waals surface area contributed by atoms with Crippen molar-refractivity contribution >= 4 is 23.2 Å². The molecule has 3 aromatic carbocycles. The van der Waals surface area contributed by atoms with E-state index in [4.69, 9.17) is 11.6 Å². The van der Waals surface area contributed by atoms with Crippen molar-refractivity contribution in [2.75, 3.05) is 5.32 Å². The molecule has 0 saturated carbocycles. The molecular formula is C20H16ClNO. The van der Waals surface area contributed by atoms with Gasteiger partial charge in [-0.2, -0.15) is 0 Å². The minimum atomic E-state index is -0.0181. The van der Waals surface area contributed by atoms with Crippen LogP contribution in [-0.2, 0) is 11.2 Å². The highest BCUT2D eigenvalue weighted by Gasteiger charge is 2.04. The molecular weight excluding hydrogens is 306 g/mol. The molecule has 3 heteroatoms. The molecule has 1 amide bonds. The standard InChI is InChI=1S/C20H16ClNO/c21-18-10-6-16(7-11-18)17-8-12-19(13-9-17)22-20(23)14-15-4-2-1-3-5-15/h1-13H,14H2,(H,22,23). The van der Waals surface area contributed by atoms with E-state index in [2.05, 4.69) is 5.32 Å². The lowest BCUT2D eigenvalue weighted by Gasteiger charge is -2.07. The van der Waals surface area contributed by atoms with Crippen molar-refractivity contribution in [1.82, 2.24) is 0 Å². The van der Waals surface area contributed by atoms with Gasteiger partial charge in [-0.3, -0.25) is 4.79 Å². The van der Waals surface area contributed by atoms with E-state index < -0.39 is 0 Å². The van der Waals surface area contributed by atoms with Crippen LogP contribution in [0.3, 0.4) is 0 Å². The number of carbonyl (C=O) groups excluding carboxylic acids is 1. The summed E-state index contributed by atoms with van der Waals surface area (Å²) in [6.07, 6.45) is 0.375. The number of amides is 1. The summed E-state index contributed by atoms with van der Waals surface area (Å²) < 4.78 is 0. The highest BCUT2D eigenvalue weighted by Crippen LogP contribution is 2.23. The monoisotopic (exact) mass is 321 g/mol. The van der Waals surface area contributed by atoms with Crippen LogP contribution in [0.15, 0.2) is 78.9 Å². The summed E-state index contributed by atoms with van der Waals surface area (Å²) in [5.41, 5.74) is 3.98. The molecule has 3 aromatic rings. The Kier molecular flexibility index (Phi) is 4.74. The molecule has 0 radical (unpaired) electrons. The molecule has 0 fully saturated rings. The fourth-order valence-electron chi connectivity index (χ4n) is 2.37. The Morgan fingerprint density at radius 3 is 1.96 bits per heavy atom. The molecule has 0 bridgehead atoms. The van der Waals surface area contributed by atoms with Crippen molar-refractivity contribution in [2.24, 2.45) is 0 Å². The summed E-state index contributed by atoms with van der Waals surface area (Å²) in [6.45, 7) is 0. The summed E-state index contributed by atoms with van der Waals surface area (Å²) in [7, 11) is 0. The minimum Gasteiger partial charge on any atom is -0.326 e. The van der Waals surface area contributed by atoms with E-state index in [1.165, 1.54) is 0 Å². The zero-order valence-corrected chi connectivity index (χ0v) is 13.3. The maximum absolute atomic E-state index is 12.0. The molecule has 3 rings (SSSR count). The third-order valence-corrected chi connectivity index (χ3v) is 3.81. The van der Waals surface area contributed by atoms with Crippen LogP contribution >= 0.6 is 11.6 Å². The van der Waals surface area contributed by atoms with Crippen molar-refractivity contribution in [1.29, 1.82) is 0 Å². The van der Waals surface area contributed by atoms with Crippen LogP contribution in [0, 0.1) is 0 Å². The van der Waals surface area contributed by atoms with Gasteiger partial charge in [0.15, 0.2) is 0 Å². The van der Waals surface area contributed by atoms with Gasteiger partial charge >= 0.3 is 0 Å². The second-order valence-electron chi connectivity index (χ2n) is 5.29. The molecule has 0 heterocycles. The zero-order chi connectivity index (χ0) is 16.1. The van der Waals surface area contributed by atoms with Crippen LogP contribution in [0.2, 0.25) is 5.02 Å². The number of hydrogen-bond acceptors (Lipinski definition) is 1. The predicted molar refractivity (Wildman–Crippen MR) is 95.7 cm³/mol.